The Morgan fingerprint density at radius 1 is 1.02 bits per heavy atom. The number of nitrogens with one attached hydrogen (secondary N) is 2. The highest BCUT2D eigenvalue weighted by atomic mass is 32.2. The number of rotatable bonds is 9. The Bertz CT molecular complexity index is 1830. The van der Waals surface area contributed by atoms with Crippen LogP contribution in [0.15, 0.2) is 67.3 Å². The van der Waals surface area contributed by atoms with E-state index >= 15 is 0 Å². The van der Waals surface area contributed by atoms with Gasteiger partial charge in [-0.05, 0) is 43.4 Å². The molecule has 0 unspecified atom stereocenters. The molecular weight excluding hydrogens is 604 g/mol. The average Bonchev–Trinajstić information content (AvgIpc) is 3.47. The normalized spacial score (nSPS) is 18.3. The van der Waals surface area contributed by atoms with Gasteiger partial charge in [0, 0.05) is 68.5 Å². The van der Waals surface area contributed by atoms with Crippen molar-refractivity contribution in [2.24, 2.45) is 7.05 Å². The highest BCUT2D eigenvalue weighted by Crippen LogP contribution is 2.31. The number of amides is 2. The number of carbonyl (C=O) groups is 1. The second-order valence-electron chi connectivity index (χ2n) is 11.9. The fraction of sp³-hybridized carbons (Fsp3) is 0.375. The highest BCUT2D eigenvalue weighted by molar-refractivity contribution is 7.91. The quantitative estimate of drug-likeness (QED) is 0.277. The Balaban J connectivity index is 1.14. The van der Waals surface area contributed by atoms with E-state index in [4.69, 9.17) is 4.98 Å². The Labute approximate surface area is 268 Å². The molecule has 3 aromatic heterocycles. The zero-order valence-electron chi connectivity index (χ0n) is 25.7. The van der Waals surface area contributed by atoms with Crippen LogP contribution in [0.3, 0.4) is 0 Å². The first kappa shape index (κ1) is 31.0. The number of urea groups is 1. The van der Waals surface area contributed by atoms with Gasteiger partial charge in [-0.25, -0.2) is 23.2 Å². The third-order valence-electron chi connectivity index (χ3n) is 8.58. The first-order valence-corrected chi connectivity index (χ1v) is 17.2. The van der Waals surface area contributed by atoms with Gasteiger partial charge in [-0.3, -0.25) is 9.58 Å². The second-order valence-corrected chi connectivity index (χ2v) is 14.2. The average molecular weight is 641 g/mol. The van der Waals surface area contributed by atoms with Gasteiger partial charge in [0.2, 0.25) is 5.95 Å². The minimum absolute atomic E-state index is 0.0624. The van der Waals surface area contributed by atoms with Crippen molar-refractivity contribution in [3.05, 3.63) is 78.4 Å². The number of nitriles is 1. The topological polar surface area (TPSA) is 162 Å². The maximum atomic E-state index is 13.7. The van der Waals surface area contributed by atoms with Crippen LogP contribution in [0.4, 0.5) is 22.4 Å². The SMILES string of the molecule is Cn1cc(-c2ccc(N(C(=O)NCc3ccccc3)C3CCC(Nc4ncc(C#N)c(N5CC(S(C)(=O)=O)C5)n4)CC3)nc2)cn1. The maximum absolute atomic E-state index is 13.7. The molecule has 4 aromatic rings. The van der Waals surface area contributed by atoms with Crippen molar-refractivity contribution in [1.82, 2.24) is 30.0 Å². The number of benzene rings is 1. The molecule has 1 saturated heterocycles. The first-order chi connectivity index (χ1) is 22.2. The molecule has 2 amide bonds. The third-order valence-corrected chi connectivity index (χ3v) is 10.1. The fourth-order valence-corrected chi connectivity index (χ4v) is 6.79. The van der Waals surface area contributed by atoms with Crippen LogP contribution >= 0.6 is 0 Å². The van der Waals surface area contributed by atoms with E-state index in [1.165, 1.54) is 12.5 Å². The lowest BCUT2D eigenvalue weighted by Crippen LogP contribution is -2.55. The van der Waals surface area contributed by atoms with Crippen molar-refractivity contribution < 1.29 is 13.2 Å². The zero-order valence-corrected chi connectivity index (χ0v) is 26.6. The Kier molecular flexibility index (Phi) is 8.85. The summed E-state index contributed by atoms with van der Waals surface area (Å²) >= 11 is 0. The second kappa shape index (κ2) is 13.1. The van der Waals surface area contributed by atoms with Crippen molar-refractivity contribution in [3.63, 3.8) is 0 Å². The summed E-state index contributed by atoms with van der Waals surface area (Å²) in [5.41, 5.74) is 3.18. The number of sulfone groups is 1. The predicted molar refractivity (Wildman–Crippen MR) is 175 cm³/mol. The summed E-state index contributed by atoms with van der Waals surface area (Å²) in [5, 5.41) is 19.8. The molecule has 1 aromatic carbocycles. The smallest absolute Gasteiger partial charge is 0.323 e. The molecule has 0 spiro atoms. The molecule has 14 heteroatoms. The Morgan fingerprint density at radius 3 is 2.41 bits per heavy atom. The molecule has 46 heavy (non-hydrogen) atoms. The van der Waals surface area contributed by atoms with Crippen LogP contribution in [0.25, 0.3) is 11.1 Å². The van der Waals surface area contributed by atoms with E-state index in [-0.39, 0.29) is 18.1 Å². The third kappa shape index (κ3) is 6.94. The van der Waals surface area contributed by atoms with E-state index in [2.05, 4.69) is 31.8 Å². The molecule has 1 aliphatic carbocycles. The van der Waals surface area contributed by atoms with Crippen LogP contribution in [-0.4, -0.2) is 75.9 Å². The van der Waals surface area contributed by atoms with Crippen molar-refractivity contribution >= 4 is 33.5 Å². The largest absolute Gasteiger partial charge is 0.353 e. The fourth-order valence-electron chi connectivity index (χ4n) is 5.89. The molecule has 1 aliphatic heterocycles. The maximum Gasteiger partial charge on any atom is 0.323 e. The molecule has 4 heterocycles. The number of pyridine rings is 1. The number of hydrogen-bond donors (Lipinski definition) is 2. The summed E-state index contributed by atoms with van der Waals surface area (Å²) in [5.74, 6) is 1.41. The summed E-state index contributed by atoms with van der Waals surface area (Å²) in [6, 6.07) is 15.5. The summed E-state index contributed by atoms with van der Waals surface area (Å²) < 4.78 is 25.5. The number of hydrogen-bond acceptors (Lipinski definition) is 10. The van der Waals surface area contributed by atoms with E-state index < -0.39 is 15.1 Å². The molecule has 2 fully saturated rings. The molecule has 13 nitrogen and oxygen atoms in total. The first-order valence-electron chi connectivity index (χ1n) is 15.2. The number of aryl methyl sites for hydroxylation is 1. The van der Waals surface area contributed by atoms with Crippen LogP contribution in [0, 0.1) is 11.3 Å². The van der Waals surface area contributed by atoms with Crippen LogP contribution in [-0.2, 0) is 23.4 Å². The summed E-state index contributed by atoms with van der Waals surface area (Å²) in [6.45, 7) is 1.00. The van der Waals surface area contributed by atoms with Crippen molar-refractivity contribution in [2.75, 3.05) is 34.5 Å². The standard InChI is InChI=1S/C32H36N10O3S/c1-40-19-25(18-37-40)23-8-13-29(34-16-23)42(32(43)36-15-22-6-4-3-5-7-22)27-11-9-26(10-12-27)38-31-35-17-24(14-33)30(39-31)41-20-28(21-41)46(2,44)45/h3-8,13,16-19,26-28H,9-12,15,20-21H2,1-2H3,(H,36,43)(H,35,38,39). The van der Waals surface area contributed by atoms with Gasteiger partial charge < -0.3 is 15.5 Å². The number of aromatic nitrogens is 5. The molecular formula is C32H36N10O3S. The minimum atomic E-state index is -3.15. The van der Waals surface area contributed by atoms with Crippen LogP contribution in [0.2, 0.25) is 0 Å². The molecule has 0 atom stereocenters. The zero-order chi connectivity index (χ0) is 32.3. The van der Waals surface area contributed by atoms with Crippen molar-refractivity contribution in [3.8, 4) is 17.2 Å². The number of anilines is 3. The van der Waals surface area contributed by atoms with Gasteiger partial charge in [0.05, 0.1) is 17.6 Å². The number of nitrogens with zero attached hydrogens (tertiary/aromatic N) is 8. The van der Waals surface area contributed by atoms with Crippen molar-refractivity contribution in [1.29, 1.82) is 5.26 Å². The monoisotopic (exact) mass is 640 g/mol. The Morgan fingerprint density at radius 2 is 1.78 bits per heavy atom. The van der Waals surface area contributed by atoms with Crippen LogP contribution in [0.1, 0.15) is 36.8 Å². The minimum Gasteiger partial charge on any atom is -0.353 e. The van der Waals surface area contributed by atoms with Gasteiger partial charge in [0.15, 0.2) is 15.7 Å². The van der Waals surface area contributed by atoms with Crippen LogP contribution in [0.5, 0.6) is 0 Å². The van der Waals surface area contributed by atoms with Crippen molar-refractivity contribution in [2.45, 2.75) is 49.6 Å². The van der Waals surface area contributed by atoms with Gasteiger partial charge in [-0.2, -0.15) is 15.3 Å². The van der Waals surface area contributed by atoms with Gasteiger partial charge >= 0.3 is 6.03 Å². The molecule has 2 N–H and O–H groups in total. The number of carbonyl (C=O) groups excluding carboxylic acids is 1. The summed E-state index contributed by atoms with van der Waals surface area (Å²) in [4.78, 5) is 30.9. The lowest BCUT2D eigenvalue weighted by Gasteiger charge is -2.39. The van der Waals surface area contributed by atoms with E-state index in [0.29, 0.717) is 42.8 Å². The van der Waals surface area contributed by atoms with E-state index in [0.717, 1.165) is 42.4 Å². The van der Waals surface area contributed by atoms with Gasteiger partial charge in [-0.1, -0.05) is 30.3 Å². The van der Waals surface area contributed by atoms with E-state index in [1.807, 2.05) is 55.7 Å². The molecule has 0 bridgehead atoms. The predicted octanol–water partition coefficient (Wildman–Crippen LogP) is 3.52. The van der Waals surface area contributed by atoms with Gasteiger partial charge in [0.25, 0.3) is 0 Å². The van der Waals surface area contributed by atoms with Gasteiger partial charge in [0.1, 0.15) is 17.5 Å². The molecule has 0 radical (unpaired) electrons. The molecule has 6 rings (SSSR count). The lowest BCUT2D eigenvalue weighted by atomic mass is 9.90. The molecule has 2 aliphatic rings. The summed E-state index contributed by atoms with van der Waals surface area (Å²) in [6.07, 6.45) is 11.2. The molecule has 238 valence electrons. The lowest BCUT2D eigenvalue weighted by molar-refractivity contribution is 0.240. The van der Waals surface area contributed by atoms with E-state index in [9.17, 15) is 18.5 Å². The molecule has 1 saturated carbocycles. The van der Waals surface area contributed by atoms with E-state index in [1.54, 1.807) is 26.9 Å². The Hall–Kier alpha value is -5.03. The van der Waals surface area contributed by atoms with Crippen LogP contribution < -0.4 is 20.4 Å². The van der Waals surface area contributed by atoms with Gasteiger partial charge in [-0.15, -0.1) is 0 Å². The summed E-state index contributed by atoms with van der Waals surface area (Å²) in [7, 11) is -1.29. The highest BCUT2D eigenvalue weighted by Gasteiger charge is 2.37.